The van der Waals surface area contributed by atoms with Crippen LogP contribution in [0.2, 0.25) is 0 Å². The van der Waals surface area contributed by atoms with Crippen LogP contribution in [0.5, 0.6) is 0 Å². The first kappa shape index (κ1) is 23.8. The Morgan fingerprint density at radius 3 is 2.29 bits per heavy atom. The molecule has 34 heavy (non-hydrogen) atoms. The minimum atomic E-state index is -0.417. The Balaban J connectivity index is 1.46. The second-order valence-corrected chi connectivity index (χ2v) is 15.0. The van der Waals surface area contributed by atoms with Crippen molar-refractivity contribution < 1.29 is 19.7 Å². The highest BCUT2D eigenvalue weighted by molar-refractivity contribution is 5.82. The standard InChI is InChI=1S/C30H48O4/c1-18(2)19-7-13-29-16-15-28(6)27(5)12-8-20-25(3,11-10-22(32)26(20,4)17-31)21(27)9-14-30(28,23(19)29)34-24(29)33/h18-23,31-32H,7-17H2,1-6H3/t19-,20+,21+,22-,23-,25-,26-,27+,28-,29-,30-/m0/s1. The molecular weight excluding hydrogens is 424 g/mol. The molecule has 0 aromatic carbocycles. The molecule has 4 heteroatoms. The normalized spacial score (nSPS) is 60.3. The first-order chi connectivity index (χ1) is 15.9. The number of ether oxygens (including phenoxy) is 1. The van der Waals surface area contributed by atoms with Gasteiger partial charge in [-0.15, -0.1) is 0 Å². The molecule has 0 aromatic rings. The van der Waals surface area contributed by atoms with E-state index in [1.54, 1.807) is 0 Å². The molecule has 0 radical (unpaired) electrons. The molecule has 1 aliphatic heterocycles. The molecule has 4 nitrogen and oxygen atoms in total. The third-order valence-electron chi connectivity index (χ3n) is 14.2. The van der Waals surface area contributed by atoms with Gasteiger partial charge < -0.3 is 14.9 Å². The van der Waals surface area contributed by atoms with E-state index in [-0.39, 0.29) is 39.8 Å². The average molecular weight is 473 g/mol. The molecule has 5 aliphatic carbocycles. The summed E-state index contributed by atoms with van der Waals surface area (Å²) in [5, 5.41) is 21.4. The van der Waals surface area contributed by atoms with Crippen LogP contribution >= 0.6 is 0 Å². The van der Waals surface area contributed by atoms with E-state index in [1.807, 2.05) is 0 Å². The van der Waals surface area contributed by atoms with E-state index in [0.717, 1.165) is 57.8 Å². The Morgan fingerprint density at radius 1 is 0.912 bits per heavy atom. The van der Waals surface area contributed by atoms with Gasteiger partial charge in [0.15, 0.2) is 0 Å². The number of esters is 1. The van der Waals surface area contributed by atoms with Crippen molar-refractivity contribution in [1.82, 2.24) is 0 Å². The van der Waals surface area contributed by atoms with Crippen LogP contribution in [0.4, 0.5) is 0 Å². The highest BCUT2D eigenvalue weighted by atomic mass is 16.6. The maximum Gasteiger partial charge on any atom is 0.313 e. The molecule has 0 aromatic heterocycles. The van der Waals surface area contributed by atoms with Gasteiger partial charge in [-0.3, -0.25) is 4.79 Å². The molecule has 0 amide bonds. The molecule has 6 aliphatic rings. The Kier molecular flexibility index (Phi) is 4.77. The Labute approximate surface area is 206 Å². The quantitative estimate of drug-likeness (QED) is 0.503. The summed E-state index contributed by atoms with van der Waals surface area (Å²) in [6.07, 6.45) is 10.0. The molecule has 6 fully saturated rings. The van der Waals surface area contributed by atoms with Gasteiger partial charge in [0.1, 0.15) is 5.60 Å². The molecule has 2 bridgehead atoms. The molecular formula is C30H48O4. The van der Waals surface area contributed by atoms with E-state index < -0.39 is 11.5 Å². The van der Waals surface area contributed by atoms with E-state index in [9.17, 15) is 15.0 Å². The number of hydrogen-bond acceptors (Lipinski definition) is 4. The van der Waals surface area contributed by atoms with E-state index in [1.165, 1.54) is 6.42 Å². The van der Waals surface area contributed by atoms with E-state index in [2.05, 4.69) is 41.5 Å². The number of aliphatic hydroxyl groups is 2. The van der Waals surface area contributed by atoms with Gasteiger partial charge in [0, 0.05) is 16.7 Å². The molecule has 192 valence electrons. The summed E-state index contributed by atoms with van der Waals surface area (Å²) in [4.78, 5) is 13.7. The molecule has 1 spiro atoms. The SMILES string of the molecule is CC(C)[C@@H]1CC[C@@]23CC[C@]4(C)[C@@](CC[C@@H]5[C@@]6(C)CC[C@H](O)[C@@](C)(CO)[C@@H]6CC[C@]54C)(OC2=O)[C@@H]13. The monoisotopic (exact) mass is 472 g/mol. The van der Waals surface area contributed by atoms with Gasteiger partial charge in [-0.1, -0.05) is 41.5 Å². The highest BCUT2D eigenvalue weighted by Crippen LogP contribution is 2.81. The lowest BCUT2D eigenvalue weighted by molar-refractivity contribution is -0.287. The number of fused-ring (bicyclic) bond motifs is 4. The van der Waals surface area contributed by atoms with Crippen LogP contribution in [-0.4, -0.2) is 34.5 Å². The predicted molar refractivity (Wildman–Crippen MR) is 132 cm³/mol. The smallest absolute Gasteiger partial charge is 0.313 e. The van der Waals surface area contributed by atoms with Crippen LogP contribution in [0, 0.1) is 56.7 Å². The van der Waals surface area contributed by atoms with Gasteiger partial charge in [-0.25, -0.2) is 0 Å². The summed E-state index contributed by atoms with van der Waals surface area (Å²) in [6, 6.07) is 0. The molecule has 11 atom stereocenters. The summed E-state index contributed by atoms with van der Waals surface area (Å²) >= 11 is 0. The molecule has 1 heterocycles. The summed E-state index contributed by atoms with van der Waals surface area (Å²) in [7, 11) is 0. The van der Waals surface area contributed by atoms with Gasteiger partial charge in [0.25, 0.3) is 0 Å². The van der Waals surface area contributed by atoms with Crippen molar-refractivity contribution in [3.05, 3.63) is 0 Å². The van der Waals surface area contributed by atoms with Crippen molar-refractivity contribution in [1.29, 1.82) is 0 Å². The van der Waals surface area contributed by atoms with Crippen LogP contribution in [0.25, 0.3) is 0 Å². The minimum Gasteiger partial charge on any atom is -0.458 e. The minimum absolute atomic E-state index is 0.0135. The number of aliphatic hydroxyl groups excluding tert-OH is 2. The number of carbonyl (C=O) groups is 1. The summed E-state index contributed by atoms with van der Waals surface area (Å²) in [5.74, 6) is 2.57. The topological polar surface area (TPSA) is 66.8 Å². The lowest BCUT2D eigenvalue weighted by Crippen LogP contribution is -2.72. The maximum atomic E-state index is 13.7. The predicted octanol–water partition coefficient (Wildman–Crippen LogP) is 5.74. The Hall–Kier alpha value is -0.610. The third-order valence-corrected chi connectivity index (χ3v) is 14.2. The Morgan fingerprint density at radius 2 is 1.62 bits per heavy atom. The average Bonchev–Trinajstić information content (AvgIpc) is 3.27. The molecule has 6 rings (SSSR count). The zero-order valence-electron chi connectivity index (χ0n) is 22.5. The number of rotatable bonds is 2. The van der Waals surface area contributed by atoms with Crippen molar-refractivity contribution in [2.24, 2.45) is 56.7 Å². The number of hydrogen-bond donors (Lipinski definition) is 2. The Bertz CT molecular complexity index is 900. The van der Waals surface area contributed by atoms with Crippen molar-refractivity contribution in [2.75, 3.05) is 6.61 Å². The molecule has 0 unspecified atom stereocenters. The van der Waals surface area contributed by atoms with Crippen molar-refractivity contribution in [3.63, 3.8) is 0 Å². The fourth-order valence-corrected chi connectivity index (χ4v) is 12.2. The lowest BCUT2D eigenvalue weighted by Gasteiger charge is -2.73. The van der Waals surface area contributed by atoms with Gasteiger partial charge >= 0.3 is 5.97 Å². The lowest BCUT2D eigenvalue weighted by atomic mass is 9.31. The maximum absolute atomic E-state index is 13.7. The van der Waals surface area contributed by atoms with Gasteiger partial charge in [-0.2, -0.15) is 0 Å². The fourth-order valence-electron chi connectivity index (χ4n) is 12.2. The van der Waals surface area contributed by atoms with Crippen LogP contribution in [0.1, 0.15) is 106 Å². The van der Waals surface area contributed by atoms with E-state index in [0.29, 0.717) is 29.6 Å². The second-order valence-electron chi connectivity index (χ2n) is 15.0. The van der Waals surface area contributed by atoms with Crippen LogP contribution < -0.4 is 0 Å². The number of carbonyl (C=O) groups excluding carboxylic acids is 1. The van der Waals surface area contributed by atoms with E-state index >= 15 is 0 Å². The summed E-state index contributed by atoms with van der Waals surface area (Å²) < 4.78 is 6.76. The zero-order chi connectivity index (χ0) is 24.5. The largest absolute Gasteiger partial charge is 0.458 e. The van der Waals surface area contributed by atoms with Gasteiger partial charge in [0.2, 0.25) is 0 Å². The van der Waals surface area contributed by atoms with E-state index in [4.69, 9.17) is 4.74 Å². The molecule has 2 N–H and O–H groups in total. The second kappa shape index (κ2) is 6.82. The van der Waals surface area contributed by atoms with Crippen LogP contribution in [0.3, 0.4) is 0 Å². The highest BCUT2D eigenvalue weighted by Gasteiger charge is 2.82. The van der Waals surface area contributed by atoms with Crippen molar-refractivity contribution in [3.8, 4) is 0 Å². The van der Waals surface area contributed by atoms with Crippen LogP contribution in [-0.2, 0) is 9.53 Å². The first-order valence-electron chi connectivity index (χ1n) is 14.4. The summed E-state index contributed by atoms with van der Waals surface area (Å²) in [6.45, 7) is 14.5. The van der Waals surface area contributed by atoms with Crippen LogP contribution in [0.15, 0.2) is 0 Å². The molecule has 1 saturated heterocycles. The van der Waals surface area contributed by atoms with Crippen molar-refractivity contribution in [2.45, 2.75) is 117 Å². The van der Waals surface area contributed by atoms with Crippen molar-refractivity contribution >= 4 is 5.97 Å². The molecule has 5 saturated carbocycles. The van der Waals surface area contributed by atoms with Gasteiger partial charge in [-0.05, 0) is 98.7 Å². The van der Waals surface area contributed by atoms with Gasteiger partial charge in [0.05, 0.1) is 18.1 Å². The zero-order valence-corrected chi connectivity index (χ0v) is 22.5. The first-order valence-corrected chi connectivity index (χ1v) is 14.4. The summed E-state index contributed by atoms with van der Waals surface area (Å²) in [5.41, 5.74) is -0.741. The fraction of sp³-hybridized carbons (Fsp3) is 0.967. The third kappa shape index (κ3) is 2.30.